The summed E-state index contributed by atoms with van der Waals surface area (Å²) in [6, 6.07) is 4.33. The summed E-state index contributed by atoms with van der Waals surface area (Å²) in [5.74, 6) is -0.651. The average molecular weight is 284 g/mol. The summed E-state index contributed by atoms with van der Waals surface area (Å²) in [4.78, 5) is 11.3. The highest BCUT2D eigenvalue weighted by Crippen LogP contribution is 2.26. The lowest BCUT2D eigenvalue weighted by atomic mass is 10.1. The Kier molecular flexibility index (Phi) is 3.62. The molecule has 1 saturated heterocycles. The van der Waals surface area contributed by atoms with Crippen LogP contribution < -0.4 is 5.73 Å². The maximum absolute atomic E-state index is 12.3. The number of carbonyl (C=O) groups excluding carboxylic acids is 1. The molecule has 0 radical (unpaired) electrons. The predicted molar refractivity (Wildman–Crippen MR) is 69.0 cm³/mol. The number of sulfonamides is 1. The van der Waals surface area contributed by atoms with Gasteiger partial charge in [0, 0.05) is 31.2 Å². The number of nitrogens with zero attached hydrogens (tertiary/aromatic N) is 1. The molecule has 1 amide bonds. The molecule has 1 aromatic rings. The van der Waals surface area contributed by atoms with E-state index in [1.54, 1.807) is 13.0 Å². The summed E-state index contributed by atoms with van der Waals surface area (Å²) in [6.07, 6.45) is 0. The van der Waals surface area contributed by atoms with Crippen LogP contribution in [0.15, 0.2) is 23.1 Å². The zero-order valence-electron chi connectivity index (χ0n) is 10.5. The van der Waals surface area contributed by atoms with Gasteiger partial charge in [-0.3, -0.25) is 4.79 Å². The molecule has 1 aromatic carbocycles. The lowest BCUT2D eigenvalue weighted by Crippen LogP contribution is -2.51. The molecule has 19 heavy (non-hydrogen) atoms. The van der Waals surface area contributed by atoms with Gasteiger partial charge in [0.25, 0.3) is 0 Å². The third-order valence-corrected chi connectivity index (χ3v) is 5.12. The van der Waals surface area contributed by atoms with Gasteiger partial charge in [-0.15, -0.1) is 0 Å². The maximum atomic E-state index is 12.3. The van der Waals surface area contributed by atoms with Crippen LogP contribution in [0.1, 0.15) is 15.9 Å². The van der Waals surface area contributed by atoms with E-state index in [0.717, 1.165) is 0 Å². The summed E-state index contributed by atoms with van der Waals surface area (Å²) in [5.41, 5.74) is 6.06. The number of benzene rings is 1. The predicted octanol–water partition coefficient (Wildman–Crippen LogP) is -0.293. The molecule has 0 atom stereocenters. The van der Waals surface area contributed by atoms with Gasteiger partial charge in [-0.05, 0) is 24.6 Å². The number of hydrogen-bond donors (Lipinski definition) is 2. The van der Waals surface area contributed by atoms with E-state index in [9.17, 15) is 13.2 Å². The maximum Gasteiger partial charge on any atom is 0.249 e. The smallest absolute Gasteiger partial charge is 0.249 e. The monoisotopic (exact) mass is 284 g/mol. The fraction of sp³-hybridized carbons (Fsp3) is 0.417. The number of aliphatic hydroxyl groups excluding tert-OH is 1. The Hall–Kier alpha value is -1.44. The van der Waals surface area contributed by atoms with Crippen molar-refractivity contribution in [1.29, 1.82) is 0 Å². The first-order valence-electron chi connectivity index (χ1n) is 5.87. The lowest BCUT2D eigenvalue weighted by Gasteiger charge is -2.36. The molecule has 1 fully saturated rings. The van der Waals surface area contributed by atoms with Gasteiger partial charge in [-0.2, -0.15) is 4.31 Å². The molecule has 1 heterocycles. The van der Waals surface area contributed by atoms with E-state index in [2.05, 4.69) is 0 Å². The fourth-order valence-corrected chi connectivity index (χ4v) is 3.63. The van der Waals surface area contributed by atoms with E-state index in [-0.39, 0.29) is 23.0 Å². The van der Waals surface area contributed by atoms with Gasteiger partial charge in [0.2, 0.25) is 15.9 Å². The van der Waals surface area contributed by atoms with Crippen LogP contribution in [0.4, 0.5) is 0 Å². The number of rotatable bonds is 4. The third-order valence-electron chi connectivity index (χ3n) is 3.29. The van der Waals surface area contributed by atoms with E-state index in [0.29, 0.717) is 18.7 Å². The van der Waals surface area contributed by atoms with Crippen LogP contribution in [0.2, 0.25) is 0 Å². The van der Waals surface area contributed by atoms with Gasteiger partial charge in [0.1, 0.15) is 0 Å². The van der Waals surface area contributed by atoms with Crippen LogP contribution in [-0.2, 0) is 10.0 Å². The Bertz CT molecular complexity index is 606. The van der Waals surface area contributed by atoms with Crippen molar-refractivity contribution in [1.82, 2.24) is 4.31 Å². The molecular formula is C12H16N2O4S. The highest BCUT2D eigenvalue weighted by Gasteiger charge is 2.36. The molecule has 0 aliphatic carbocycles. The van der Waals surface area contributed by atoms with Crippen molar-refractivity contribution in [2.24, 2.45) is 11.7 Å². The first-order valence-corrected chi connectivity index (χ1v) is 7.31. The summed E-state index contributed by atoms with van der Waals surface area (Å²) in [6.45, 7) is 2.28. The summed E-state index contributed by atoms with van der Waals surface area (Å²) >= 11 is 0. The minimum absolute atomic E-state index is 0.00386. The molecule has 6 nitrogen and oxygen atoms in total. The van der Waals surface area contributed by atoms with Crippen LogP contribution >= 0.6 is 0 Å². The van der Waals surface area contributed by atoms with Crippen LogP contribution in [0.25, 0.3) is 0 Å². The Morgan fingerprint density at radius 2 is 2.11 bits per heavy atom. The molecule has 1 aliphatic heterocycles. The van der Waals surface area contributed by atoms with Gasteiger partial charge in [0.05, 0.1) is 4.90 Å². The Labute approximate surface area is 111 Å². The number of aliphatic hydroxyl groups is 1. The SMILES string of the molecule is Cc1ccc(S(=O)(=O)N2CC(CO)C2)cc1C(N)=O. The molecule has 2 rings (SSSR count). The van der Waals surface area contributed by atoms with Crippen molar-refractivity contribution >= 4 is 15.9 Å². The third kappa shape index (κ3) is 2.49. The molecule has 0 aromatic heterocycles. The van der Waals surface area contributed by atoms with Gasteiger partial charge < -0.3 is 10.8 Å². The number of hydrogen-bond acceptors (Lipinski definition) is 4. The van der Waals surface area contributed by atoms with Crippen molar-refractivity contribution < 1.29 is 18.3 Å². The fourth-order valence-electron chi connectivity index (χ4n) is 2.01. The Morgan fingerprint density at radius 1 is 1.47 bits per heavy atom. The Morgan fingerprint density at radius 3 is 2.63 bits per heavy atom. The number of aryl methyl sites for hydroxylation is 1. The standard InChI is InChI=1S/C12H16N2O4S/c1-8-2-3-10(4-11(8)12(13)16)19(17,18)14-5-9(6-14)7-15/h2-4,9,15H,5-7H2,1H3,(H2,13,16). The molecule has 0 saturated carbocycles. The molecule has 1 aliphatic rings. The highest BCUT2D eigenvalue weighted by atomic mass is 32.2. The molecule has 0 bridgehead atoms. The van der Waals surface area contributed by atoms with E-state index in [1.807, 2.05) is 0 Å². The van der Waals surface area contributed by atoms with Crippen LogP contribution in [0, 0.1) is 12.8 Å². The van der Waals surface area contributed by atoms with Gasteiger partial charge in [-0.1, -0.05) is 6.07 Å². The minimum atomic E-state index is -3.60. The summed E-state index contributed by atoms with van der Waals surface area (Å²) < 4.78 is 25.8. The van der Waals surface area contributed by atoms with Crippen LogP contribution in [0.5, 0.6) is 0 Å². The molecule has 0 spiro atoms. The zero-order valence-corrected chi connectivity index (χ0v) is 11.4. The van der Waals surface area contributed by atoms with Gasteiger partial charge in [0.15, 0.2) is 0 Å². The molecule has 3 N–H and O–H groups in total. The molecule has 7 heteroatoms. The quantitative estimate of drug-likeness (QED) is 0.793. The molecule has 104 valence electrons. The van der Waals surface area contributed by atoms with E-state index >= 15 is 0 Å². The average Bonchev–Trinajstić information content (AvgIpc) is 2.27. The van der Waals surface area contributed by atoms with Crippen molar-refractivity contribution in [3.05, 3.63) is 29.3 Å². The van der Waals surface area contributed by atoms with Crippen LogP contribution in [-0.4, -0.2) is 43.4 Å². The second-order valence-electron chi connectivity index (χ2n) is 4.71. The van der Waals surface area contributed by atoms with Crippen molar-refractivity contribution in [3.63, 3.8) is 0 Å². The number of carbonyl (C=O) groups is 1. The van der Waals surface area contributed by atoms with Crippen LogP contribution in [0.3, 0.4) is 0 Å². The van der Waals surface area contributed by atoms with Crippen molar-refractivity contribution in [2.45, 2.75) is 11.8 Å². The molecular weight excluding hydrogens is 268 g/mol. The first kappa shape index (κ1) is 14.0. The highest BCUT2D eigenvalue weighted by molar-refractivity contribution is 7.89. The number of primary amides is 1. The lowest BCUT2D eigenvalue weighted by molar-refractivity contribution is 0.0999. The van der Waals surface area contributed by atoms with Crippen molar-refractivity contribution in [3.8, 4) is 0 Å². The largest absolute Gasteiger partial charge is 0.396 e. The minimum Gasteiger partial charge on any atom is -0.396 e. The topological polar surface area (TPSA) is 101 Å². The van der Waals surface area contributed by atoms with Gasteiger partial charge >= 0.3 is 0 Å². The normalized spacial score (nSPS) is 17.2. The summed E-state index contributed by atoms with van der Waals surface area (Å²) in [5, 5.41) is 8.91. The second-order valence-corrected chi connectivity index (χ2v) is 6.65. The number of nitrogens with two attached hydrogens (primary N) is 1. The zero-order chi connectivity index (χ0) is 14.2. The Balaban J connectivity index is 2.32. The first-order chi connectivity index (χ1) is 8.86. The second kappa shape index (κ2) is 4.92. The summed E-state index contributed by atoms with van der Waals surface area (Å²) in [7, 11) is -3.60. The van der Waals surface area contributed by atoms with Gasteiger partial charge in [-0.25, -0.2) is 8.42 Å². The van der Waals surface area contributed by atoms with Crippen molar-refractivity contribution in [2.75, 3.05) is 19.7 Å². The molecule has 0 unspecified atom stereocenters. The van der Waals surface area contributed by atoms with E-state index in [4.69, 9.17) is 10.8 Å². The van der Waals surface area contributed by atoms with E-state index < -0.39 is 15.9 Å². The van der Waals surface area contributed by atoms with E-state index in [1.165, 1.54) is 16.4 Å². The number of amides is 1.